The maximum absolute atomic E-state index is 13.7. The highest BCUT2D eigenvalue weighted by Gasteiger charge is 2.32. The lowest BCUT2D eigenvalue weighted by Gasteiger charge is -2.36. The van der Waals surface area contributed by atoms with Crippen LogP contribution in [-0.2, 0) is 4.79 Å². The molecule has 0 radical (unpaired) electrons. The zero-order valence-corrected chi connectivity index (χ0v) is 17.9. The van der Waals surface area contributed by atoms with Crippen LogP contribution < -0.4 is 15.5 Å². The van der Waals surface area contributed by atoms with Crippen LogP contribution >= 0.6 is 11.3 Å². The van der Waals surface area contributed by atoms with Crippen molar-refractivity contribution in [3.8, 4) is 0 Å². The van der Waals surface area contributed by atoms with Crippen LogP contribution in [0.1, 0.15) is 47.0 Å². The van der Waals surface area contributed by atoms with Gasteiger partial charge in [0.25, 0.3) is 5.91 Å². The Bertz CT molecular complexity index is 919. The lowest BCUT2D eigenvalue weighted by atomic mass is 10.1. The van der Waals surface area contributed by atoms with Gasteiger partial charge in [-0.2, -0.15) is 0 Å². The summed E-state index contributed by atoms with van der Waals surface area (Å²) in [5.41, 5.74) is 2.49. The highest BCUT2D eigenvalue weighted by Crippen LogP contribution is 2.34. The topological polar surface area (TPSA) is 64.7 Å². The molecule has 30 heavy (non-hydrogen) atoms. The zero-order chi connectivity index (χ0) is 20.5. The minimum Gasteiger partial charge on any atom is -0.371 e. The molecular formula is C23H28N4O2S. The van der Waals surface area contributed by atoms with Crippen LogP contribution in [0.4, 0.5) is 11.4 Å². The molecule has 1 atom stereocenters. The maximum Gasteiger partial charge on any atom is 0.256 e. The summed E-state index contributed by atoms with van der Waals surface area (Å²) in [4.78, 5) is 31.5. The highest BCUT2D eigenvalue weighted by molar-refractivity contribution is 7.10. The van der Waals surface area contributed by atoms with Gasteiger partial charge in [0.05, 0.1) is 17.3 Å². The molecule has 1 unspecified atom stereocenters. The molecule has 2 saturated heterocycles. The molecule has 2 aliphatic heterocycles. The number of hydrogen-bond acceptors (Lipinski definition) is 5. The molecule has 1 saturated carbocycles. The van der Waals surface area contributed by atoms with E-state index in [1.165, 1.54) is 4.88 Å². The first kappa shape index (κ1) is 19.6. The predicted octanol–water partition coefficient (Wildman–Crippen LogP) is 3.48. The molecule has 7 heteroatoms. The summed E-state index contributed by atoms with van der Waals surface area (Å²) in [6.07, 6.45) is 4.23. The van der Waals surface area contributed by atoms with Crippen molar-refractivity contribution < 1.29 is 9.59 Å². The molecule has 0 bridgehead atoms. The number of nitrogens with one attached hydrogen (secondary N) is 2. The van der Waals surface area contributed by atoms with Gasteiger partial charge in [-0.05, 0) is 55.3 Å². The van der Waals surface area contributed by atoms with Gasteiger partial charge < -0.3 is 20.4 Å². The van der Waals surface area contributed by atoms with E-state index < -0.39 is 0 Å². The number of benzene rings is 1. The fourth-order valence-electron chi connectivity index (χ4n) is 4.44. The number of thiophene rings is 1. The van der Waals surface area contributed by atoms with E-state index in [0.29, 0.717) is 6.54 Å². The number of carbonyl (C=O) groups excluding carboxylic acids is 2. The molecule has 3 fully saturated rings. The largest absolute Gasteiger partial charge is 0.371 e. The second kappa shape index (κ2) is 8.40. The molecule has 6 nitrogen and oxygen atoms in total. The lowest BCUT2D eigenvalue weighted by molar-refractivity contribution is -0.117. The summed E-state index contributed by atoms with van der Waals surface area (Å²) in [6.45, 7) is 4.19. The monoisotopic (exact) mass is 424 g/mol. The van der Waals surface area contributed by atoms with Crippen molar-refractivity contribution in [3.05, 3.63) is 46.2 Å². The lowest BCUT2D eigenvalue weighted by Crippen LogP contribution is -2.48. The van der Waals surface area contributed by atoms with Gasteiger partial charge in [0.15, 0.2) is 0 Å². The Morgan fingerprint density at radius 3 is 2.67 bits per heavy atom. The first-order valence-corrected chi connectivity index (χ1v) is 11.8. The third-order valence-corrected chi connectivity index (χ3v) is 7.24. The van der Waals surface area contributed by atoms with Crippen LogP contribution in [0.15, 0.2) is 35.7 Å². The Morgan fingerprint density at radius 1 is 1.10 bits per heavy atom. The molecule has 5 rings (SSSR count). The Hall–Kier alpha value is -2.38. The van der Waals surface area contributed by atoms with Crippen molar-refractivity contribution in [1.29, 1.82) is 0 Å². The number of nitrogens with zero attached hydrogens (tertiary/aromatic N) is 2. The number of hydrogen-bond donors (Lipinski definition) is 2. The van der Waals surface area contributed by atoms with E-state index in [1.807, 2.05) is 29.2 Å². The molecule has 3 aliphatic rings. The van der Waals surface area contributed by atoms with Crippen molar-refractivity contribution in [2.24, 2.45) is 5.92 Å². The van der Waals surface area contributed by atoms with Crippen LogP contribution in [0.3, 0.4) is 0 Å². The fraction of sp³-hybridized carbons (Fsp3) is 0.478. The summed E-state index contributed by atoms with van der Waals surface area (Å²) in [7, 11) is 0. The van der Waals surface area contributed by atoms with E-state index in [1.54, 1.807) is 11.3 Å². The predicted molar refractivity (Wildman–Crippen MR) is 120 cm³/mol. The minimum atomic E-state index is 0.0620. The van der Waals surface area contributed by atoms with Gasteiger partial charge in [0.1, 0.15) is 0 Å². The molecular weight excluding hydrogens is 396 g/mol. The molecule has 1 aromatic heterocycles. The summed E-state index contributed by atoms with van der Waals surface area (Å²) >= 11 is 1.70. The van der Waals surface area contributed by atoms with Gasteiger partial charge in [0, 0.05) is 49.2 Å². The fourth-order valence-corrected chi connectivity index (χ4v) is 5.28. The standard InChI is InChI=1S/C23H28N4O2S/c28-22(16-5-6-16)25-17-7-8-18(19(14-17)26-10-1-2-11-26)23(29)27-12-9-24-15-20(27)21-4-3-13-30-21/h3-4,7-8,13-14,16,20,24H,1-2,5-6,9-12,15H2,(H,25,28). The van der Waals surface area contributed by atoms with E-state index in [4.69, 9.17) is 0 Å². The van der Waals surface area contributed by atoms with Crippen molar-refractivity contribution in [2.75, 3.05) is 42.9 Å². The molecule has 2 amide bonds. The van der Waals surface area contributed by atoms with Gasteiger partial charge in [-0.1, -0.05) is 6.07 Å². The molecule has 1 aromatic carbocycles. The Kier molecular flexibility index (Phi) is 5.48. The van der Waals surface area contributed by atoms with E-state index in [9.17, 15) is 9.59 Å². The summed E-state index contributed by atoms with van der Waals surface area (Å²) in [5, 5.41) is 8.55. The van der Waals surface area contributed by atoms with E-state index >= 15 is 0 Å². The second-order valence-corrected chi connectivity index (χ2v) is 9.40. The number of anilines is 2. The van der Waals surface area contributed by atoms with Crippen molar-refractivity contribution in [3.63, 3.8) is 0 Å². The molecule has 0 spiro atoms. The second-order valence-electron chi connectivity index (χ2n) is 8.42. The minimum absolute atomic E-state index is 0.0620. The van der Waals surface area contributed by atoms with Crippen LogP contribution in [0.5, 0.6) is 0 Å². The number of amides is 2. The summed E-state index contributed by atoms with van der Waals surface area (Å²) in [5.74, 6) is 0.340. The molecule has 3 heterocycles. The van der Waals surface area contributed by atoms with Crippen LogP contribution in [0, 0.1) is 5.92 Å². The van der Waals surface area contributed by atoms with Crippen molar-refractivity contribution >= 4 is 34.5 Å². The number of piperazine rings is 1. The van der Waals surface area contributed by atoms with Crippen LogP contribution in [-0.4, -0.2) is 49.4 Å². The van der Waals surface area contributed by atoms with Gasteiger partial charge >= 0.3 is 0 Å². The normalized spacial score (nSPS) is 21.7. The van der Waals surface area contributed by atoms with Gasteiger partial charge in [0.2, 0.25) is 5.91 Å². The smallest absolute Gasteiger partial charge is 0.256 e. The molecule has 2 aromatic rings. The molecule has 158 valence electrons. The van der Waals surface area contributed by atoms with Crippen molar-refractivity contribution in [2.45, 2.75) is 31.7 Å². The molecule has 1 aliphatic carbocycles. The molecule has 2 N–H and O–H groups in total. The highest BCUT2D eigenvalue weighted by atomic mass is 32.1. The van der Waals surface area contributed by atoms with E-state index in [0.717, 1.165) is 68.8 Å². The average Bonchev–Trinajstić information content (AvgIpc) is 3.24. The SMILES string of the molecule is O=C(Nc1ccc(C(=O)N2CCNCC2c2cccs2)c(N2CCCC2)c1)C1CC1. The first-order valence-electron chi connectivity index (χ1n) is 11.0. The average molecular weight is 425 g/mol. The van der Waals surface area contributed by atoms with E-state index in [2.05, 4.69) is 27.0 Å². The van der Waals surface area contributed by atoms with Gasteiger partial charge in [-0.3, -0.25) is 9.59 Å². The number of rotatable bonds is 5. The van der Waals surface area contributed by atoms with E-state index in [-0.39, 0.29) is 23.8 Å². The Balaban J connectivity index is 1.45. The van der Waals surface area contributed by atoms with Gasteiger partial charge in [-0.25, -0.2) is 0 Å². The van der Waals surface area contributed by atoms with Gasteiger partial charge in [-0.15, -0.1) is 11.3 Å². The summed E-state index contributed by atoms with van der Waals surface area (Å²) in [6, 6.07) is 10.0. The third-order valence-electron chi connectivity index (χ3n) is 6.27. The summed E-state index contributed by atoms with van der Waals surface area (Å²) < 4.78 is 0. The maximum atomic E-state index is 13.7. The number of carbonyl (C=O) groups is 2. The van der Waals surface area contributed by atoms with Crippen molar-refractivity contribution in [1.82, 2.24) is 10.2 Å². The Labute approximate surface area is 181 Å². The Morgan fingerprint density at radius 2 is 1.93 bits per heavy atom. The van der Waals surface area contributed by atoms with Crippen LogP contribution in [0.2, 0.25) is 0 Å². The first-order chi connectivity index (χ1) is 14.7. The van der Waals surface area contributed by atoms with Crippen LogP contribution in [0.25, 0.3) is 0 Å². The quantitative estimate of drug-likeness (QED) is 0.771. The zero-order valence-electron chi connectivity index (χ0n) is 17.1. The third kappa shape index (κ3) is 3.96.